The topological polar surface area (TPSA) is 79.8 Å². The van der Waals surface area contributed by atoms with Gasteiger partial charge in [-0.3, -0.25) is 0 Å². The molecule has 2 amide bonds. The van der Waals surface area contributed by atoms with Crippen molar-refractivity contribution in [3.05, 3.63) is 52.8 Å². The van der Waals surface area contributed by atoms with Crippen molar-refractivity contribution in [2.45, 2.75) is 37.8 Å². The molecule has 3 N–H and O–H groups in total. The Morgan fingerprint density at radius 2 is 1.93 bits per heavy atom. The summed E-state index contributed by atoms with van der Waals surface area (Å²) in [7, 11) is 0. The highest BCUT2D eigenvalue weighted by Gasteiger charge is 2.32. The van der Waals surface area contributed by atoms with Gasteiger partial charge in [-0.05, 0) is 35.4 Å². The Morgan fingerprint density at radius 3 is 2.70 bits per heavy atom. The number of aliphatic hydroxyl groups excluding tert-OH is 1. The van der Waals surface area contributed by atoms with Crippen LogP contribution in [0.15, 0.2) is 30.3 Å². The number of urea groups is 1. The van der Waals surface area contributed by atoms with Crippen LogP contribution in [-0.4, -0.2) is 30.2 Å². The van der Waals surface area contributed by atoms with E-state index in [1.807, 2.05) is 0 Å². The summed E-state index contributed by atoms with van der Waals surface area (Å²) in [6, 6.07) is 5.31. The van der Waals surface area contributed by atoms with Crippen LogP contribution in [0.1, 0.15) is 29.2 Å². The standard InChI is InChI=1S/C20H18F4N2O4/c21-15-3-4-16(14-8-10(27)7-13(14)15)25-19(28)26-17-5-6-29-18-9-11(1-2-12(17)18)30-20(22,23)24/h1-4,9-10,17,27H,5-8H2,(H2,25,26,28)/t10-,17+/m0/s1. The SMILES string of the molecule is O=C(Nc1ccc(F)c2c1C[C@@H](O)C2)N[C@@H]1CCOc2cc(OC(F)(F)F)ccc21. The van der Waals surface area contributed by atoms with E-state index in [2.05, 4.69) is 15.4 Å². The van der Waals surface area contributed by atoms with E-state index in [4.69, 9.17) is 4.74 Å². The molecule has 0 bridgehead atoms. The number of hydrogen-bond donors (Lipinski definition) is 3. The third kappa shape index (κ3) is 4.28. The zero-order chi connectivity index (χ0) is 21.5. The first kappa shape index (κ1) is 20.3. The Bertz CT molecular complexity index is 980. The highest BCUT2D eigenvalue weighted by molar-refractivity contribution is 5.91. The van der Waals surface area contributed by atoms with Gasteiger partial charge < -0.3 is 25.2 Å². The summed E-state index contributed by atoms with van der Waals surface area (Å²) in [5.41, 5.74) is 1.86. The molecule has 0 radical (unpaired) electrons. The van der Waals surface area contributed by atoms with Gasteiger partial charge in [0.15, 0.2) is 0 Å². The van der Waals surface area contributed by atoms with E-state index in [0.29, 0.717) is 28.8 Å². The smallest absolute Gasteiger partial charge is 0.493 e. The van der Waals surface area contributed by atoms with Crippen LogP contribution in [0.2, 0.25) is 0 Å². The number of alkyl halides is 3. The molecule has 160 valence electrons. The fourth-order valence-electron chi connectivity index (χ4n) is 3.81. The van der Waals surface area contributed by atoms with Gasteiger partial charge in [-0.15, -0.1) is 13.2 Å². The number of benzene rings is 2. The van der Waals surface area contributed by atoms with Crippen molar-refractivity contribution in [1.29, 1.82) is 0 Å². The number of nitrogens with one attached hydrogen (secondary N) is 2. The second kappa shape index (κ2) is 7.67. The van der Waals surface area contributed by atoms with Gasteiger partial charge in [0.2, 0.25) is 0 Å². The molecule has 0 unspecified atom stereocenters. The fourth-order valence-corrected chi connectivity index (χ4v) is 3.81. The van der Waals surface area contributed by atoms with E-state index < -0.39 is 36.1 Å². The summed E-state index contributed by atoms with van der Waals surface area (Å²) in [6.45, 7) is 0.200. The minimum Gasteiger partial charge on any atom is -0.493 e. The van der Waals surface area contributed by atoms with E-state index in [1.54, 1.807) is 0 Å². The van der Waals surface area contributed by atoms with Crippen molar-refractivity contribution in [3.63, 3.8) is 0 Å². The molecule has 2 aromatic carbocycles. The summed E-state index contributed by atoms with van der Waals surface area (Å²) in [4.78, 5) is 12.5. The molecule has 0 aromatic heterocycles. The van der Waals surface area contributed by atoms with Crippen molar-refractivity contribution in [2.24, 2.45) is 0 Å². The van der Waals surface area contributed by atoms with Crippen LogP contribution in [0.4, 0.5) is 28.0 Å². The molecule has 0 saturated heterocycles. The molecule has 2 aliphatic rings. The van der Waals surface area contributed by atoms with Gasteiger partial charge in [0.25, 0.3) is 0 Å². The molecule has 6 nitrogen and oxygen atoms in total. The minimum atomic E-state index is -4.82. The van der Waals surface area contributed by atoms with Crippen LogP contribution in [-0.2, 0) is 12.8 Å². The van der Waals surface area contributed by atoms with Gasteiger partial charge >= 0.3 is 12.4 Å². The van der Waals surface area contributed by atoms with Crippen molar-refractivity contribution in [3.8, 4) is 11.5 Å². The Hall–Kier alpha value is -3.01. The third-order valence-electron chi connectivity index (χ3n) is 5.07. The maximum absolute atomic E-state index is 13.9. The van der Waals surface area contributed by atoms with Gasteiger partial charge in [0.1, 0.15) is 17.3 Å². The lowest BCUT2D eigenvalue weighted by molar-refractivity contribution is -0.274. The number of halogens is 4. The third-order valence-corrected chi connectivity index (χ3v) is 5.07. The molecule has 2 atom stereocenters. The molecule has 2 aromatic rings. The van der Waals surface area contributed by atoms with E-state index in [9.17, 15) is 27.5 Å². The van der Waals surface area contributed by atoms with Crippen LogP contribution < -0.4 is 20.1 Å². The van der Waals surface area contributed by atoms with Crippen molar-refractivity contribution in [1.82, 2.24) is 5.32 Å². The average molecular weight is 426 g/mol. The number of anilines is 1. The fraction of sp³-hybridized carbons (Fsp3) is 0.350. The predicted molar refractivity (Wildman–Crippen MR) is 97.9 cm³/mol. The van der Waals surface area contributed by atoms with Crippen molar-refractivity contribution in [2.75, 3.05) is 11.9 Å². The molecule has 30 heavy (non-hydrogen) atoms. The molecule has 10 heteroatoms. The lowest BCUT2D eigenvalue weighted by atomic mass is 10.0. The summed E-state index contributed by atoms with van der Waals surface area (Å²) >= 11 is 0. The number of rotatable bonds is 3. The quantitative estimate of drug-likeness (QED) is 0.652. The van der Waals surface area contributed by atoms with Crippen molar-refractivity contribution < 1.29 is 36.9 Å². The van der Waals surface area contributed by atoms with Crippen LogP contribution >= 0.6 is 0 Å². The predicted octanol–water partition coefficient (Wildman–Crippen LogP) is 3.83. The van der Waals surface area contributed by atoms with Gasteiger partial charge in [-0.2, -0.15) is 0 Å². The van der Waals surface area contributed by atoms with Crippen LogP contribution in [0, 0.1) is 5.82 Å². The van der Waals surface area contributed by atoms with Crippen LogP contribution in [0.25, 0.3) is 0 Å². The molecule has 1 aliphatic carbocycles. The number of hydrogen-bond acceptors (Lipinski definition) is 4. The van der Waals surface area contributed by atoms with E-state index in [1.165, 1.54) is 18.2 Å². The Balaban J connectivity index is 1.48. The summed E-state index contributed by atoms with van der Waals surface area (Å²) in [6.07, 6.45) is -4.67. The maximum atomic E-state index is 13.9. The first-order chi connectivity index (χ1) is 14.2. The molecule has 0 fully saturated rings. The van der Waals surface area contributed by atoms with E-state index >= 15 is 0 Å². The van der Waals surface area contributed by atoms with Gasteiger partial charge in [0.05, 0.1) is 18.8 Å². The summed E-state index contributed by atoms with van der Waals surface area (Å²) in [5.74, 6) is -0.645. The van der Waals surface area contributed by atoms with Crippen LogP contribution in [0.5, 0.6) is 11.5 Å². The largest absolute Gasteiger partial charge is 0.573 e. The number of amides is 2. The Labute approximate surface area is 168 Å². The number of carbonyl (C=O) groups excluding carboxylic acids is 1. The normalized spacial score (nSPS) is 20.0. The molecular weight excluding hydrogens is 408 g/mol. The molecule has 0 saturated carbocycles. The Kier molecular flexibility index (Phi) is 5.19. The zero-order valence-corrected chi connectivity index (χ0v) is 15.6. The van der Waals surface area contributed by atoms with Gasteiger partial charge in [-0.25, -0.2) is 9.18 Å². The van der Waals surface area contributed by atoms with Gasteiger partial charge in [0, 0.05) is 36.6 Å². The summed E-state index contributed by atoms with van der Waals surface area (Å²) in [5, 5.41) is 15.2. The first-order valence-corrected chi connectivity index (χ1v) is 9.28. The molecule has 0 spiro atoms. The number of carbonyl (C=O) groups is 1. The van der Waals surface area contributed by atoms with Gasteiger partial charge in [-0.1, -0.05) is 0 Å². The molecule has 1 aliphatic heterocycles. The number of fused-ring (bicyclic) bond motifs is 2. The molecule has 1 heterocycles. The average Bonchev–Trinajstić information content (AvgIpc) is 3.05. The zero-order valence-electron chi connectivity index (χ0n) is 15.6. The Morgan fingerprint density at radius 1 is 1.17 bits per heavy atom. The second-order valence-electron chi connectivity index (χ2n) is 7.15. The van der Waals surface area contributed by atoms with Crippen LogP contribution in [0.3, 0.4) is 0 Å². The second-order valence-corrected chi connectivity index (χ2v) is 7.15. The maximum Gasteiger partial charge on any atom is 0.573 e. The van der Waals surface area contributed by atoms with E-state index in [-0.39, 0.29) is 25.2 Å². The molecular formula is C20H18F4N2O4. The monoisotopic (exact) mass is 426 g/mol. The lowest BCUT2D eigenvalue weighted by Crippen LogP contribution is -2.35. The highest BCUT2D eigenvalue weighted by atomic mass is 19.4. The van der Waals surface area contributed by atoms with E-state index in [0.717, 1.165) is 12.1 Å². The first-order valence-electron chi connectivity index (χ1n) is 9.28. The summed E-state index contributed by atoms with van der Waals surface area (Å²) < 4.78 is 60.4. The lowest BCUT2D eigenvalue weighted by Gasteiger charge is -2.27. The molecule has 4 rings (SSSR count). The van der Waals surface area contributed by atoms with Crippen molar-refractivity contribution >= 4 is 11.7 Å². The number of aliphatic hydroxyl groups is 1. The number of ether oxygens (including phenoxy) is 2. The highest BCUT2D eigenvalue weighted by Crippen LogP contribution is 2.37. The minimum absolute atomic E-state index is 0.188.